The number of hydrogen-bond acceptors (Lipinski definition) is 5. The van der Waals surface area contributed by atoms with Crippen LogP contribution in [0.1, 0.15) is 18.3 Å². The standard InChI is InChI=1S/C18H21N5/c1-13(12-14-7-10-20-11-8-14)21-18-15-4-2-3-5-16(15)22-17(23-18)6-9-19/h2-5,7-8,10-11,13H,6,9,12,19H2,1H3,(H,21,22,23). The van der Waals surface area contributed by atoms with Crippen molar-refractivity contribution in [2.75, 3.05) is 11.9 Å². The molecule has 2 heterocycles. The molecule has 0 aliphatic rings. The highest BCUT2D eigenvalue weighted by atomic mass is 15.0. The minimum absolute atomic E-state index is 0.251. The van der Waals surface area contributed by atoms with Gasteiger partial charge in [-0.3, -0.25) is 4.98 Å². The maximum Gasteiger partial charge on any atom is 0.137 e. The lowest BCUT2D eigenvalue weighted by atomic mass is 10.1. The van der Waals surface area contributed by atoms with E-state index in [0.717, 1.165) is 29.0 Å². The van der Waals surface area contributed by atoms with Crippen LogP contribution in [0.15, 0.2) is 48.8 Å². The molecule has 2 aromatic heterocycles. The van der Waals surface area contributed by atoms with Gasteiger partial charge in [0.2, 0.25) is 0 Å². The molecule has 23 heavy (non-hydrogen) atoms. The van der Waals surface area contributed by atoms with Crippen molar-refractivity contribution < 1.29 is 0 Å². The molecule has 1 atom stereocenters. The Morgan fingerprint density at radius 1 is 1.09 bits per heavy atom. The molecular formula is C18H21N5. The van der Waals surface area contributed by atoms with Crippen LogP contribution in [-0.4, -0.2) is 27.5 Å². The van der Waals surface area contributed by atoms with Gasteiger partial charge in [-0.25, -0.2) is 9.97 Å². The summed E-state index contributed by atoms with van der Waals surface area (Å²) in [6.07, 6.45) is 5.23. The molecule has 0 aliphatic carbocycles. The Bertz CT molecular complexity index is 773. The van der Waals surface area contributed by atoms with Gasteiger partial charge in [-0.15, -0.1) is 0 Å². The Balaban J connectivity index is 1.86. The van der Waals surface area contributed by atoms with E-state index in [9.17, 15) is 0 Å². The monoisotopic (exact) mass is 307 g/mol. The van der Waals surface area contributed by atoms with Gasteiger partial charge < -0.3 is 11.1 Å². The van der Waals surface area contributed by atoms with Crippen LogP contribution in [0.5, 0.6) is 0 Å². The predicted octanol–water partition coefficient (Wildman–Crippen LogP) is 2.57. The summed E-state index contributed by atoms with van der Waals surface area (Å²) in [5.41, 5.74) is 7.85. The van der Waals surface area contributed by atoms with Crippen molar-refractivity contribution in [1.29, 1.82) is 0 Å². The van der Waals surface area contributed by atoms with Gasteiger partial charge in [-0.05, 0) is 49.7 Å². The summed E-state index contributed by atoms with van der Waals surface area (Å²) in [6, 6.07) is 12.4. The number of aromatic nitrogens is 3. The van der Waals surface area contributed by atoms with Crippen molar-refractivity contribution in [1.82, 2.24) is 15.0 Å². The van der Waals surface area contributed by atoms with Crippen LogP contribution in [0.2, 0.25) is 0 Å². The molecule has 3 rings (SSSR count). The first-order valence-electron chi connectivity index (χ1n) is 7.87. The highest BCUT2D eigenvalue weighted by Gasteiger charge is 2.10. The average Bonchev–Trinajstić information content (AvgIpc) is 2.56. The summed E-state index contributed by atoms with van der Waals surface area (Å²) in [7, 11) is 0. The molecule has 0 saturated carbocycles. The number of nitrogens with one attached hydrogen (secondary N) is 1. The summed E-state index contributed by atoms with van der Waals surface area (Å²) in [5, 5.41) is 4.56. The normalized spacial score (nSPS) is 12.3. The third-order valence-electron chi connectivity index (χ3n) is 3.69. The van der Waals surface area contributed by atoms with E-state index in [4.69, 9.17) is 5.73 Å². The molecule has 1 unspecified atom stereocenters. The molecule has 0 amide bonds. The number of fused-ring (bicyclic) bond motifs is 1. The fourth-order valence-electron chi connectivity index (χ4n) is 2.63. The van der Waals surface area contributed by atoms with Crippen LogP contribution in [0.3, 0.4) is 0 Å². The molecule has 3 aromatic rings. The van der Waals surface area contributed by atoms with Crippen LogP contribution >= 0.6 is 0 Å². The molecule has 0 radical (unpaired) electrons. The maximum absolute atomic E-state index is 5.65. The first-order chi connectivity index (χ1) is 11.3. The third kappa shape index (κ3) is 3.81. The zero-order chi connectivity index (χ0) is 16.1. The maximum atomic E-state index is 5.65. The minimum atomic E-state index is 0.251. The van der Waals surface area contributed by atoms with Crippen LogP contribution < -0.4 is 11.1 Å². The SMILES string of the molecule is CC(Cc1ccncc1)Nc1nc(CCN)nc2ccccc12. The van der Waals surface area contributed by atoms with E-state index >= 15 is 0 Å². The lowest BCUT2D eigenvalue weighted by Crippen LogP contribution is -2.20. The van der Waals surface area contributed by atoms with E-state index in [1.54, 1.807) is 0 Å². The second kappa shape index (κ2) is 7.15. The highest BCUT2D eigenvalue weighted by molar-refractivity contribution is 5.89. The Morgan fingerprint density at radius 2 is 1.87 bits per heavy atom. The molecule has 0 saturated heterocycles. The fourth-order valence-corrected chi connectivity index (χ4v) is 2.63. The zero-order valence-electron chi connectivity index (χ0n) is 13.2. The average molecular weight is 307 g/mol. The molecular weight excluding hydrogens is 286 g/mol. The molecule has 1 aromatic carbocycles. The molecule has 0 aliphatic heterocycles. The number of pyridine rings is 1. The van der Waals surface area contributed by atoms with E-state index < -0.39 is 0 Å². The summed E-state index contributed by atoms with van der Waals surface area (Å²) < 4.78 is 0. The van der Waals surface area contributed by atoms with Crippen LogP contribution in [0.25, 0.3) is 10.9 Å². The number of nitrogens with zero attached hydrogens (tertiary/aromatic N) is 3. The molecule has 0 fully saturated rings. The Hall–Kier alpha value is -2.53. The number of anilines is 1. The van der Waals surface area contributed by atoms with Crippen molar-refractivity contribution in [3.63, 3.8) is 0 Å². The van der Waals surface area contributed by atoms with E-state index in [2.05, 4.69) is 27.2 Å². The van der Waals surface area contributed by atoms with Gasteiger partial charge in [0, 0.05) is 30.2 Å². The van der Waals surface area contributed by atoms with Gasteiger partial charge in [0.25, 0.3) is 0 Å². The summed E-state index contributed by atoms with van der Waals surface area (Å²) in [5.74, 6) is 1.66. The van der Waals surface area contributed by atoms with Crippen molar-refractivity contribution >= 4 is 16.7 Å². The second-order valence-corrected chi connectivity index (χ2v) is 5.65. The number of benzene rings is 1. The summed E-state index contributed by atoms with van der Waals surface area (Å²) in [6.45, 7) is 2.70. The lowest BCUT2D eigenvalue weighted by molar-refractivity contribution is 0.779. The molecule has 118 valence electrons. The van der Waals surface area contributed by atoms with E-state index in [-0.39, 0.29) is 6.04 Å². The lowest BCUT2D eigenvalue weighted by Gasteiger charge is -2.17. The van der Waals surface area contributed by atoms with Crippen molar-refractivity contribution in [2.45, 2.75) is 25.8 Å². The number of rotatable bonds is 6. The van der Waals surface area contributed by atoms with Gasteiger partial charge in [0.05, 0.1) is 5.52 Å². The summed E-state index contributed by atoms with van der Waals surface area (Å²) in [4.78, 5) is 13.3. The molecule has 5 heteroatoms. The molecule has 0 spiro atoms. The van der Waals surface area contributed by atoms with Crippen molar-refractivity contribution in [2.24, 2.45) is 5.73 Å². The van der Waals surface area contributed by atoms with Gasteiger partial charge in [-0.2, -0.15) is 0 Å². The quantitative estimate of drug-likeness (QED) is 0.732. The minimum Gasteiger partial charge on any atom is -0.367 e. The van der Waals surface area contributed by atoms with Gasteiger partial charge in [0.1, 0.15) is 11.6 Å². The largest absolute Gasteiger partial charge is 0.367 e. The van der Waals surface area contributed by atoms with Crippen LogP contribution in [0.4, 0.5) is 5.82 Å². The first kappa shape index (κ1) is 15.4. The molecule has 5 nitrogen and oxygen atoms in total. The smallest absolute Gasteiger partial charge is 0.137 e. The first-order valence-corrected chi connectivity index (χ1v) is 7.87. The van der Waals surface area contributed by atoms with E-state index in [0.29, 0.717) is 13.0 Å². The van der Waals surface area contributed by atoms with Crippen molar-refractivity contribution in [3.8, 4) is 0 Å². The van der Waals surface area contributed by atoms with Crippen LogP contribution in [0, 0.1) is 0 Å². The van der Waals surface area contributed by atoms with E-state index in [1.165, 1.54) is 5.56 Å². The van der Waals surface area contributed by atoms with Crippen LogP contribution in [-0.2, 0) is 12.8 Å². The number of nitrogens with two attached hydrogens (primary N) is 1. The second-order valence-electron chi connectivity index (χ2n) is 5.65. The molecule has 0 bridgehead atoms. The Morgan fingerprint density at radius 3 is 2.65 bits per heavy atom. The highest BCUT2D eigenvalue weighted by Crippen LogP contribution is 2.21. The van der Waals surface area contributed by atoms with Gasteiger partial charge in [0.15, 0.2) is 0 Å². The van der Waals surface area contributed by atoms with Gasteiger partial charge in [-0.1, -0.05) is 12.1 Å². The zero-order valence-corrected chi connectivity index (χ0v) is 13.2. The molecule has 3 N–H and O–H groups in total. The Labute approximate surface area is 136 Å². The van der Waals surface area contributed by atoms with E-state index in [1.807, 2.05) is 48.8 Å². The van der Waals surface area contributed by atoms with Crippen molar-refractivity contribution in [3.05, 3.63) is 60.2 Å². The topological polar surface area (TPSA) is 76.7 Å². The predicted molar refractivity (Wildman–Crippen MR) is 93.3 cm³/mol. The van der Waals surface area contributed by atoms with Gasteiger partial charge >= 0.3 is 0 Å². The third-order valence-corrected chi connectivity index (χ3v) is 3.69. The Kier molecular flexibility index (Phi) is 4.78. The fraction of sp³-hybridized carbons (Fsp3) is 0.278. The number of hydrogen-bond donors (Lipinski definition) is 2. The number of para-hydroxylation sites is 1. The summed E-state index contributed by atoms with van der Waals surface area (Å²) >= 11 is 0.